The molecule has 1 aromatic carbocycles. The number of fused-ring (bicyclic) bond motifs is 1. The lowest BCUT2D eigenvalue weighted by atomic mass is 10.0. The van der Waals surface area contributed by atoms with Crippen LogP contribution in [-0.2, 0) is 0 Å². The Morgan fingerprint density at radius 2 is 2.00 bits per heavy atom. The van der Waals surface area contributed by atoms with Crippen molar-refractivity contribution in [2.24, 2.45) is 0 Å². The van der Waals surface area contributed by atoms with Gasteiger partial charge >= 0.3 is 0 Å². The van der Waals surface area contributed by atoms with Crippen LogP contribution >= 0.6 is 0 Å². The summed E-state index contributed by atoms with van der Waals surface area (Å²) in [6, 6.07) is 7.97. The van der Waals surface area contributed by atoms with Gasteiger partial charge in [0.2, 0.25) is 11.8 Å². The Kier molecular flexibility index (Phi) is 3.43. The maximum absolute atomic E-state index is 6.03. The topological polar surface area (TPSA) is 75.7 Å². The third-order valence-electron chi connectivity index (χ3n) is 3.25. The monoisotopic (exact) mass is 283 g/mol. The fourth-order valence-corrected chi connectivity index (χ4v) is 2.15. The summed E-state index contributed by atoms with van der Waals surface area (Å²) in [4.78, 5) is 8.68. The van der Waals surface area contributed by atoms with Crippen LogP contribution in [0.5, 0.6) is 11.6 Å². The van der Waals surface area contributed by atoms with Crippen molar-refractivity contribution in [1.29, 1.82) is 0 Å². The first-order chi connectivity index (χ1) is 10.2. The van der Waals surface area contributed by atoms with Gasteiger partial charge in [0, 0.05) is 7.05 Å². The van der Waals surface area contributed by atoms with Gasteiger partial charge in [-0.3, -0.25) is 5.10 Å². The average Bonchev–Trinajstić information content (AvgIpc) is 2.96. The number of benzene rings is 1. The Labute approximate surface area is 122 Å². The van der Waals surface area contributed by atoms with Crippen LogP contribution in [0, 0.1) is 0 Å². The molecule has 108 valence electrons. The first-order valence-electron chi connectivity index (χ1n) is 6.84. The number of aromatic amines is 1. The Morgan fingerprint density at radius 1 is 1.19 bits per heavy atom. The maximum atomic E-state index is 6.03. The number of aromatic nitrogens is 4. The average molecular weight is 283 g/mol. The highest BCUT2D eigenvalue weighted by molar-refractivity contribution is 5.81. The van der Waals surface area contributed by atoms with Crippen molar-refractivity contribution in [1.82, 2.24) is 20.2 Å². The molecule has 0 aliphatic rings. The van der Waals surface area contributed by atoms with E-state index in [1.165, 1.54) is 0 Å². The molecule has 21 heavy (non-hydrogen) atoms. The van der Waals surface area contributed by atoms with Crippen LogP contribution < -0.4 is 10.1 Å². The van der Waals surface area contributed by atoms with Crippen molar-refractivity contribution >= 4 is 17.0 Å². The highest BCUT2D eigenvalue weighted by atomic mass is 16.5. The minimum Gasteiger partial charge on any atom is -0.438 e. The van der Waals surface area contributed by atoms with E-state index in [0.29, 0.717) is 23.4 Å². The molecular formula is C15H17N5O. The molecular weight excluding hydrogens is 266 g/mol. The van der Waals surface area contributed by atoms with Crippen LogP contribution in [0.4, 0.5) is 5.95 Å². The molecule has 3 rings (SSSR count). The third kappa shape index (κ3) is 2.52. The Morgan fingerprint density at radius 3 is 2.76 bits per heavy atom. The summed E-state index contributed by atoms with van der Waals surface area (Å²) in [5.74, 6) is 2.15. The van der Waals surface area contributed by atoms with Gasteiger partial charge in [0.05, 0.1) is 6.20 Å². The maximum Gasteiger partial charge on any atom is 0.235 e. The minimum absolute atomic E-state index is 0.367. The first kappa shape index (κ1) is 13.4. The van der Waals surface area contributed by atoms with Gasteiger partial charge in [0.15, 0.2) is 5.65 Å². The zero-order valence-corrected chi connectivity index (χ0v) is 12.2. The first-order valence-corrected chi connectivity index (χ1v) is 6.84. The van der Waals surface area contributed by atoms with Crippen molar-refractivity contribution in [3.63, 3.8) is 0 Å². The van der Waals surface area contributed by atoms with E-state index in [1.54, 1.807) is 13.2 Å². The van der Waals surface area contributed by atoms with Crippen LogP contribution in [0.3, 0.4) is 0 Å². The smallest absolute Gasteiger partial charge is 0.235 e. The van der Waals surface area contributed by atoms with E-state index in [9.17, 15) is 0 Å². The number of nitrogens with one attached hydrogen (secondary N) is 2. The molecule has 0 radical (unpaired) electrons. The number of rotatable bonds is 4. The quantitative estimate of drug-likeness (QED) is 0.768. The molecule has 0 aliphatic heterocycles. The Hall–Kier alpha value is -2.63. The minimum atomic E-state index is 0.367. The van der Waals surface area contributed by atoms with Crippen LogP contribution in [0.15, 0.2) is 30.5 Å². The highest BCUT2D eigenvalue weighted by Crippen LogP contribution is 2.32. The van der Waals surface area contributed by atoms with Crippen molar-refractivity contribution < 1.29 is 4.74 Å². The van der Waals surface area contributed by atoms with E-state index in [1.807, 2.05) is 18.2 Å². The van der Waals surface area contributed by atoms with Gasteiger partial charge < -0.3 is 10.1 Å². The number of hydrogen-bond acceptors (Lipinski definition) is 5. The van der Waals surface area contributed by atoms with Crippen molar-refractivity contribution in [3.8, 4) is 11.6 Å². The van der Waals surface area contributed by atoms with Crippen LogP contribution in [0.2, 0.25) is 0 Å². The van der Waals surface area contributed by atoms with Crippen LogP contribution in [-0.4, -0.2) is 27.2 Å². The van der Waals surface area contributed by atoms with Gasteiger partial charge in [0.25, 0.3) is 0 Å². The molecule has 0 atom stereocenters. The van der Waals surface area contributed by atoms with E-state index in [2.05, 4.69) is 45.4 Å². The lowest BCUT2D eigenvalue weighted by Crippen LogP contribution is -2.00. The van der Waals surface area contributed by atoms with E-state index >= 15 is 0 Å². The Balaban J connectivity index is 2.07. The fourth-order valence-electron chi connectivity index (χ4n) is 2.15. The normalized spacial score (nSPS) is 11.0. The summed E-state index contributed by atoms with van der Waals surface area (Å²) in [5, 5.41) is 10.5. The van der Waals surface area contributed by atoms with Crippen molar-refractivity contribution in [3.05, 3.63) is 36.0 Å². The zero-order valence-electron chi connectivity index (χ0n) is 12.2. The van der Waals surface area contributed by atoms with Crippen LogP contribution in [0.1, 0.15) is 25.3 Å². The van der Waals surface area contributed by atoms with Gasteiger partial charge in [-0.15, -0.1) is 0 Å². The van der Waals surface area contributed by atoms with E-state index < -0.39 is 0 Å². The second-order valence-corrected chi connectivity index (χ2v) is 5.03. The lowest BCUT2D eigenvalue weighted by molar-refractivity contribution is 0.460. The molecule has 0 fully saturated rings. The summed E-state index contributed by atoms with van der Waals surface area (Å²) in [5.41, 5.74) is 1.78. The summed E-state index contributed by atoms with van der Waals surface area (Å²) in [6.45, 7) is 4.27. The standard InChI is InChI=1S/C15H17N5O/c1-9(2)10-6-4-5-7-12(10)21-14-11-8-17-20-13(11)18-15(16-3)19-14/h4-9H,1-3H3,(H2,16,17,18,19,20). The van der Waals surface area contributed by atoms with Gasteiger partial charge in [-0.2, -0.15) is 15.1 Å². The summed E-state index contributed by atoms with van der Waals surface area (Å²) >= 11 is 0. The second-order valence-electron chi connectivity index (χ2n) is 5.03. The van der Waals surface area contributed by atoms with Gasteiger partial charge in [-0.25, -0.2) is 0 Å². The summed E-state index contributed by atoms with van der Waals surface area (Å²) in [6.07, 6.45) is 1.67. The molecule has 0 unspecified atom stereocenters. The molecule has 0 bridgehead atoms. The largest absolute Gasteiger partial charge is 0.438 e. The van der Waals surface area contributed by atoms with Crippen molar-refractivity contribution in [2.45, 2.75) is 19.8 Å². The number of hydrogen-bond donors (Lipinski definition) is 2. The van der Waals surface area contributed by atoms with Gasteiger partial charge in [0.1, 0.15) is 11.1 Å². The van der Waals surface area contributed by atoms with E-state index in [4.69, 9.17) is 4.74 Å². The van der Waals surface area contributed by atoms with Gasteiger partial charge in [-0.05, 0) is 17.5 Å². The zero-order chi connectivity index (χ0) is 14.8. The molecule has 0 saturated heterocycles. The summed E-state index contributed by atoms with van der Waals surface area (Å²) in [7, 11) is 1.77. The molecule has 0 spiro atoms. The predicted molar refractivity (Wildman–Crippen MR) is 81.8 cm³/mol. The third-order valence-corrected chi connectivity index (χ3v) is 3.25. The molecule has 2 heterocycles. The predicted octanol–water partition coefficient (Wildman–Crippen LogP) is 3.31. The second kappa shape index (κ2) is 5.40. The molecule has 2 aromatic heterocycles. The molecule has 0 amide bonds. The molecule has 0 saturated carbocycles. The molecule has 6 heteroatoms. The van der Waals surface area contributed by atoms with E-state index in [-0.39, 0.29) is 0 Å². The van der Waals surface area contributed by atoms with Crippen LogP contribution in [0.25, 0.3) is 11.0 Å². The number of ether oxygens (including phenoxy) is 1. The SMILES string of the molecule is CNc1nc(Oc2ccccc2C(C)C)c2cn[nH]c2n1. The van der Waals surface area contributed by atoms with Crippen molar-refractivity contribution in [2.75, 3.05) is 12.4 Å². The van der Waals surface area contributed by atoms with E-state index in [0.717, 1.165) is 16.7 Å². The number of nitrogens with zero attached hydrogens (tertiary/aromatic N) is 3. The fraction of sp³-hybridized carbons (Fsp3) is 0.267. The van der Waals surface area contributed by atoms with Gasteiger partial charge in [-0.1, -0.05) is 32.0 Å². The molecule has 6 nitrogen and oxygen atoms in total. The highest BCUT2D eigenvalue weighted by Gasteiger charge is 2.14. The lowest BCUT2D eigenvalue weighted by Gasteiger charge is -2.13. The summed E-state index contributed by atoms with van der Waals surface area (Å²) < 4.78 is 6.03. The Bertz CT molecular complexity index is 766. The molecule has 3 aromatic rings. The number of anilines is 1. The number of para-hydroxylation sites is 1. The molecule has 2 N–H and O–H groups in total. The molecule has 0 aliphatic carbocycles. The number of H-pyrrole nitrogens is 1.